The molecule has 9 heavy (non-hydrogen) atoms. The lowest BCUT2D eigenvalue weighted by molar-refractivity contribution is 1.26. The summed E-state index contributed by atoms with van der Waals surface area (Å²) in [6.07, 6.45) is 10.5. The van der Waals surface area contributed by atoms with Gasteiger partial charge in [0.15, 0.2) is 0 Å². The fourth-order valence-corrected chi connectivity index (χ4v) is 0.337. The van der Waals surface area contributed by atoms with Crippen molar-refractivity contribution >= 4 is 0 Å². The molecule has 0 aliphatic carbocycles. The van der Waals surface area contributed by atoms with Gasteiger partial charge in [-0.3, -0.25) is 0 Å². The standard InChI is InChI=1S/C8H11N/c1-4-9-7-5-6-8(2)3/h1,5-7,9H,2-3H3/b7-5-. The van der Waals surface area contributed by atoms with Crippen molar-refractivity contribution in [3.8, 4) is 12.5 Å². The highest BCUT2D eigenvalue weighted by atomic mass is 14.8. The Balaban J connectivity index is 3.51. The fourth-order valence-electron chi connectivity index (χ4n) is 0.337. The largest absolute Gasteiger partial charge is 0.322 e. The van der Waals surface area contributed by atoms with Crippen LogP contribution in [0.4, 0.5) is 0 Å². The van der Waals surface area contributed by atoms with Crippen LogP contribution in [0.25, 0.3) is 0 Å². The first kappa shape index (κ1) is 7.84. The summed E-state index contributed by atoms with van der Waals surface area (Å²) in [6.45, 7) is 4.06. The molecule has 0 saturated heterocycles. The van der Waals surface area contributed by atoms with Crippen LogP contribution in [-0.4, -0.2) is 0 Å². The topological polar surface area (TPSA) is 12.0 Å². The molecule has 1 heteroatoms. The molecular formula is C8H11N. The lowest BCUT2D eigenvalue weighted by Crippen LogP contribution is -1.89. The molecule has 48 valence electrons. The van der Waals surface area contributed by atoms with Gasteiger partial charge < -0.3 is 5.32 Å². The predicted molar refractivity (Wildman–Crippen MR) is 40.5 cm³/mol. The molecule has 0 aromatic heterocycles. The number of nitrogens with one attached hydrogen (secondary N) is 1. The van der Waals surface area contributed by atoms with E-state index in [2.05, 4.69) is 11.4 Å². The van der Waals surface area contributed by atoms with E-state index in [1.807, 2.05) is 26.0 Å². The summed E-state index contributed by atoms with van der Waals surface area (Å²) >= 11 is 0. The number of hydrogen-bond acceptors (Lipinski definition) is 1. The summed E-state index contributed by atoms with van der Waals surface area (Å²) in [4.78, 5) is 0. The van der Waals surface area contributed by atoms with E-state index in [4.69, 9.17) is 6.42 Å². The van der Waals surface area contributed by atoms with Gasteiger partial charge in [-0.2, -0.15) is 0 Å². The molecule has 0 aromatic rings. The molecule has 0 aliphatic heterocycles. The molecule has 0 amide bonds. The van der Waals surface area contributed by atoms with Crippen LogP contribution in [0, 0.1) is 12.5 Å². The average Bonchev–Trinajstić information content (AvgIpc) is 1.80. The van der Waals surface area contributed by atoms with E-state index in [0.29, 0.717) is 0 Å². The van der Waals surface area contributed by atoms with Crippen LogP contribution in [0.5, 0.6) is 0 Å². The molecule has 0 aliphatic rings. The van der Waals surface area contributed by atoms with Crippen LogP contribution in [0.2, 0.25) is 0 Å². The molecule has 1 N–H and O–H groups in total. The van der Waals surface area contributed by atoms with Crippen molar-refractivity contribution in [2.75, 3.05) is 0 Å². The third-order valence-corrected chi connectivity index (χ3v) is 0.692. The third kappa shape index (κ3) is 6.84. The number of terminal acetylenes is 1. The number of allylic oxidation sites excluding steroid dienone is 3. The Morgan fingerprint density at radius 2 is 2.22 bits per heavy atom. The van der Waals surface area contributed by atoms with E-state index in [1.54, 1.807) is 6.20 Å². The van der Waals surface area contributed by atoms with E-state index in [1.165, 1.54) is 5.57 Å². The van der Waals surface area contributed by atoms with Crippen LogP contribution in [0.15, 0.2) is 23.9 Å². The quantitative estimate of drug-likeness (QED) is 0.333. The molecule has 0 heterocycles. The maximum atomic E-state index is 4.91. The van der Waals surface area contributed by atoms with Gasteiger partial charge in [-0.15, -0.1) is 0 Å². The summed E-state index contributed by atoms with van der Waals surface area (Å²) in [5, 5.41) is 2.61. The van der Waals surface area contributed by atoms with Crippen molar-refractivity contribution in [1.29, 1.82) is 0 Å². The van der Waals surface area contributed by atoms with E-state index in [9.17, 15) is 0 Å². The zero-order chi connectivity index (χ0) is 7.11. The monoisotopic (exact) mass is 121 g/mol. The van der Waals surface area contributed by atoms with Crippen molar-refractivity contribution in [3.63, 3.8) is 0 Å². The summed E-state index contributed by atoms with van der Waals surface area (Å²) in [6, 6.07) is 2.28. The lowest BCUT2D eigenvalue weighted by atomic mass is 10.3. The average molecular weight is 121 g/mol. The van der Waals surface area contributed by atoms with Crippen LogP contribution >= 0.6 is 0 Å². The SMILES string of the molecule is C#CN/C=C\C=C(C)C. The second kappa shape index (κ2) is 4.99. The van der Waals surface area contributed by atoms with Crippen LogP contribution in [0.3, 0.4) is 0 Å². The maximum absolute atomic E-state index is 4.91. The minimum Gasteiger partial charge on any atom is -0.322 e. The van der Waals surface area contributed by atoms with E-state index in [0.717, 1.165) is 0 Å². The van der Waals surface area contributed by atoms with Gasteiger partial charge in [0.25, 0.3) is 0 Å². The Hall–Kier alpha value is -1.16. The van der Waals surface area contributed by atoms with E-state index in [-0.39, 0.29) is 0 Å². The van der Waals surface area contributed by atoms with Crippen molar-refractivity contribution in [2.45, 2.75) is 13.8 Å². The third-order valence-electron chi connectivity index (χ3n) is 0.692. The predicted octanol–water partition coefficient (Wildman–Crippen LogP) is 1.65. The molecule has 0 spiro atoms. The molecule has 0 bridgehead atoms. The van der Waals surface area contributed by atoms with Crippen molar-refractivity contribution in [1.82, 2.24) is 5.32 Å². The normalized spacial score (nSPS) is 8.56. The summed E-state index contributed by atoms with van der Waals surface area (Å²) in [5.74, 6) is 0. The van der Waals surface area contributed by atoms with Gasteiger partial charge >= 0.3 is 0 Å². The maximum Gasteiger partial charge on any atom is 0.00924 e. The molecule has 0 fully saturated rings. The molecule has 0 rings (SSSR count). The number of rotatable bonds is 2. The number of hydrogen-bond donors (Lipinski definition) is 1. The van der Waals surface area contributed by atoms with Crippen molar-refractivity contribution in [3.05, 3.63) is 23.9 Å². The molecule has 0 aromatic carbocycles. The van der Waals surface area contributed by atoms with Gasteiger partial charge in [-0.1, -0.05) is 18.1 Å². The smallest absolute Gasteiger partial charge is 0.00924 e. The van der Waals surface area contributed by atoms with Crippen LogP contribution in [-0.2, 0) is 0 Å². The second-order valence-electron chi connectivity index (χ2n) is 1.89. The molecule has 0 saturated carbocycles. The summed E-state index contributed by atoms with van der Waals surface area (Å²) in [5.41, 5.74) is 1.25. The van der Waals surface area contributed by atoms with Crippen LogP contribution < -0.4 is 5.32 Å². The van der Waals surface area contributed by atoms with Gasteiger partial charge in [-0.05, 0) is 19.9 Å². The highest BCUT2D eigenvalue weighted by Crippen LogP contribution is 1.86. The molecule has 1 nitrogen and oxygen atoms in total. The van der Waals surface area contributed by atoms with E-state index >= 15 is 0 Å². The molecule has 0 radical (unpaired) electrons. The van der Waals surface area contributed by atoms with Gasteiger partial charge in [0.1, 0.15) is 0 Å². The highest BCUT2D eigenvalue weighted by molar-refractivity contribution is 5.08. The van der Waals surface area contributed by atoms with Crippen LogP contribution in [0.1, 0.15) is 13.8 Å². The lowest BCUT2D eigenvalue weighted by Gasteiger charge is -1.82. The Morgan fingerprint density at radius 1 is 1.56 bits per heavy atom. The Bertz CT molecular complexity index is 154. The zero-order valence-corrected chi connectivity index (χ0v) is 5.81. The highest BCUT2D eigenvalue weighted by Gasteiger charge is 1.67. The zero-order valence-electron chi connectivity index (χ0n) is 5.81. The first-order valence-electron chi connectivity index (χ1n) is 2.78. The molecule has 0 unspecified atom stereocenters. The molecular weight excluding hydrogens is 110 g/mol. The first-order valence-corrected chi connectivity index (χ1v) is 2.78. The Morgan fingerprint density at radius 3 is 2.67 bits per heavy atom. The van der Waals surface area contributed by atoms with Crippen molar-refractivity contribution < 1.29 is 0 Å². The Kier molecular flexibility index (Phi) is 4.34. The Labute approximate surface area is 56.5 Å². The van der Waals surface area contributed by atoms with Gasteiger partial charge in [0.2, 0.25) is 0 Å². The first-order chi connectivity index (χ1) is 4.27. The van der Waals surface area contributed by atoms with Gasteiger partial charge in [0.05, 0.1) is 0 Å². The summed E-state index contributed by atoms with van der Waals surface area (Å²) < 4.78 is 0. The second-order valence-corrected chi connectivity index (χ2v) is 1.89. The van der Waals surface area contributed by atoms with Crippen molar-refractivity contribution in [2.24, 2.45) is 0 Å². The van der Waals surface area contributed by atoms with Gasteiger partial charge in [0, 0.05) is 12.2 Å². The molecule has 0 atom stereocenters. The van der Waals surface area contributed by atoms with E-state index < -0.39 is 0 Å². The minimum absolute atomic E-state index is 1.25. The fraction of sp³-hybridized carbons (Fsp3) is 0.250. The minimum atomic E-state index is 1.25. The summed E-state index contributed by atoms with van der Waals surface area (Å²) in [7, 11) is 0. The van der Waals surface area contributed by atoms with Gasteiger partial charge in [-0.25, -0.2) is 0 Å².